The van der Waals surface area contributed by atoms with Gasteiger partial charge in [0.2, 0.25) is 0 Å². The first-order chi connectivity index (χ1) is 19.3. The lowest BCUT2D eigenvalue weighted by Crippen LogP contribution is -2.24. The van der Waals surface area contributed by atoms with Crippen molar-refractivity contribution in [3.63, 3.8) is 0 Å². The Morgan fingerprint density at radius 3 is 1.10 bits per heavy atom. The van der Waals surface area contributed by atoms with Crippen LogP contribution in [0.2, 0.25) is 0 Å². The van der Waals surface area contributed by atoms with Gasteiger partial charge in [0, 0.05) is 12.2 Å². The highest BCUT2D eigenvalue weighted by Crippen LogP contribution is 2.30. The maximum atomic E-state index is 12.3. The van der Waals surface area contributed by atoms with Gasteiger partial charge in [-0.1, -0.05) is 37.4 Å². The number of hydrogen-bond acceptors (Lipinski definition) is 8. The average Bonchev–Trinajstić information content (AvgIpc) is 2.98. The number of rotatable bonds is 14. The van der Waals surface area contributed by atoms with Gasteiger partial charge in [0.05, 0.1) is 39.3 Å². The summed E-state index contributed by atoms with van der Waals surface area (Å²) in [5.41, 5.74) is 1.68. The second-order valence-corrected chi connectivity index (χ2v) is 11.0. The minimum atomic E-state index is -0.388. The van der Waals surface area contributed by atoms with Gasteiger partial charge in [-0.3, -0.25) is 9.59 Å². The second kappa shape index (κ2) is 16.6. The van der Waals surface area contributed by atoms with Crippen LogP contribution in [0.1, 0.15) is 62.5 Å². The molecule has 1 aromatic rings. The first-order valence-corrected chi connectivity index (χ1v) is 14.3. The van der Waals surface area contributed by atoms with Crippen LogP contribution in [0.3, 0.4) is 0 Å². The van der Waals surface area contributed by atoms with Gasteiger partial charge in [0.25, 0.3) is 0 Å². The fraction of sp³-hybridized carbons (Fsp3) is 0.562. The Balaban J connectivity index is 1.27. The van der Waals surface area contributed by atoms with Crippen molar-refractivity contribution in [3.8, 4) is 0 Å². The lowest BCUT2D eigenvalue weighted by molar-refractivity contribution is -0.145. The Bertz CT molecular complexity index is 917. The van der Waals surface area contributed by atoms with Gasteiger partial charge in [-0.15, -0.1) is 0 Å². The number of esters is 4. The van der Waals surface area contributed by atoms with E-state index in [0.29, 0.717) is 50.1 Å². The first-order valence-electron chi connectivity index (χ1n) is 14.3. The molecule has 0 radical (unpaired) electrons. The second-order valence-electron chi connectivity index (χ2n) is 11.0. The molecule has 0 unspecified atom stereocenters. The molecular weight excluding hydrogens is 512 g/mol. The molecule has 0 bridgehead atoms. The van der Waals surface area contributed by atoms with Crippen molar-refractivity contribution >= 4 is 23.9 Å². The number of hydrogen-bond donors (Lipinski definition) is 0. The summed E-state index contributed by atoms with van der Waals surface area (Å²) in [6.45, 7) is 8.46. The molecular formula is C32H42O8. The van der Waals surface area contributed by atoms with Crippen molar-refractivity contribution in [3.05, 3.63) is 60.7 Å². The van der Waals surface area contributed by atoms with Crippen LogP contribution in [0.25, 0.3) is 0 Å². The molecule has 0 atom stereocenters. The summed E-state index contributed by atoms with van der Waals surface area (Å²) in [7, 11) is 0. The Labute approximate surface area is 237 Å². The minimum absolute atomic E-state index is 0.188. The van der Waals surface area contributed by atoms with Crippen LogP contribution < -0.4 is 0 Å². The Morgan fingerprint density at radius 2 is 0.825 bits per heavy atom. The van der Waals surface area contributed by atoms with Gasteiger partial charge in [0.1, 0.15) is 0 Å². The molecule has 0 heterocycles. The molecule has 2 fully saturated rings. The van der Waals surface area contributed by atoms with Gasteiger partial charge in [-0.2, -0.15) is 0 Å². The quantitative estimate of drug-likeness (QED) is 0.181. The predicted molar refractivity (Wildman–Crippen MR) is 149 cm³/mol. The van der Waals surface area contributed by atoms with E-state index in [1.165, 1.54) is 12.2 Å². The summed E-state index contributed by atoms with van der Waals surface area (Å²) in [5.74, 6) is 0.0799. The summed E-state index contributed by atoms with van der Waals surface area (Å²) < 4.78 is 21.3. The van der Waals surface area contributed by atoms with Crippen LogP contribution in [0.4, 0.5) is 0 Å². The molecule has 2 aliphatic rings. The molecule has 8 heteroatoms. The zero-order chi connectivity index (χ0) is 28.7. The third-order valence-electron chi connectivity index (χ3n) is 7.87. The van der Waals surface area contributed by atoms with Crippen molar-refractivity contribution in [1.82, 2.24) is 0 Å². The molecule has 3 rings (SSSR count). The third kappa shape index (κ3) is 11.4. The van der Waals surface area contributed by atoms with Gasteiger partial charge >= 0.3 is 23.9 Å². The molecule has 218 valence electrons. The fourth-order valence-corrected chi connectivity index (χ4v) is 5.28. The van der Waals surface area contributed by atoms with Crippen molar-refractivity contribution in [2.75, 3.05) is 26.4 Å². The molecule has 1 aromatic carbocycles. The predicted octanol–water partition coefficient (Wildman–Crippen LogP) is 4.93. The number of carbonyl (C=O) groups is 4. The van der Waals surface area contributed by atoms with E-state index in [2.05, 4.69) is 13.2 Å². The van der Waals surface area contributed by atoms with Crippen LogP contribution in [0, 0.1) is 23.7 Å². The van der Waals surface area contributed by atoms with E-state index in [1.807, 2.05) is 24.3 Å². The van der Waals surface area contributed by atoms with Crippen molar-refractivity contribution in [2.24, 2.45) is 23.7 Å². The third-order valence-corrected chi connectivity index (χ3v) is 7.87. The molecule has 0 aromatic heterocycles. The van der Waals surface area contributed by atoms with E-state index in [-0.39, 0.29) is 36.7 Å². The monoisotopic (exact) mass is 554 g/mol. The number of carbonyl (C=O) groups excluding carboxylic acids is 4. The van der Waals surface area contributed by atoms with Crippen molar-refractivity contribution in [2.45, 2.75) is 64.2 Å². The van der Waals surface area contributed by atoms with E-state index < -0.39 is 0 Å². The van der Waals surface area contributed by atoms with E-state index in [4.69, 9.17) is 18.9 Å². The Hall–Kier alpha value is -3.42. The minimum Gasteiger partial charge on any atom is -0.465 e. The summed E-state index contributed by atoms with van der Waals surface area (Å²) in [4.78, 5) is 47.1. The maximum Gasteiger partial charge on any atom is 0.330 e. The largest absolute Gasteiger partial charge is 0.465 e. The molecule has 0 aliphatic heterocycles. The normalized spacial score (nSPS) is 22.4. The highest BCUT2D eigenvalue weighted by molar-refractivity contribution is 5.81. The summed E-state index contributed by atoms with van der Waals surface area (Å²) in [6, 6.07) is 7.39. The first kappa shape index (κ1) is 31.1. The zero-order valence-corrected chi connectivity index (χ0v) is 23.4. The Morgan fingerprint density at radius 1 is 0.550 bits per heavy atom. The maximum absolute atomic E-state index is 12.3. The van der Waals surface area contributed by atoms with E-state index >= 15 is 0 Å². The van der Waals surface area contributed by atoms with Crippen LogP contribution in [0.15, 0.2) is 49.6 Å². The zero-order valence-electron chi connectivity index (χ0n) is 23.4. The van der Waals surface area contributed by atoms with Gasteiger partial charge in [0.15, 0.2) is 0 Å². The SMILES string of the molecule is C=CC(=O)OCC1CCC(COC(=O)Cc2ccc(CC(=O)OCC3CCC(COC(=O)C=C)CC3)cc2)CC1. The smallest absolute Gasteiger partial charge is 0.330 e. The lowest BCUT2D eigenvalue weighted by Gasteiger charge is -2.27. The topological polar surface area (TPSA) is 105 Å². The molecule has 8 nitrogen and oxygen atoms in total. The van der Waals surface area contributed by atoms with Crippen LogP contribution in [0.5, 0.6) is 0 Å². The van der Waals surface area contributed by atoms with E-state index in [1.54, 1.807) is 0 Å². The van der Waals surface area contributed by atoms with Crippen LogP contribution >= 0.6 is 0 Å². The van der Waals surface area contributed by atoms with Gasteiger partial charge in [-0.25, -0.2) is 9.59 Å². The van der Waals surface area contributed by atoms with E-state index in [0.717, 1.165) is 62.5 Å². The average molecular weight is 555 g/mol. The molecule has 2 aliphatic carbocycles. The highest BCUT2D eigenvalue weighted by atomic mass is 16.5. The fourth-order valence-electron chi connectivity index (χ4n) is 5.28. The highest BCUT2D eigenvalue weighted by Gasteiger charge is 2.24. The molecule has 2 saturated carbocycles. The van der Waals surface area contributed by atoms with E-state index in [9.17, 15) is 19.2 Å². The summed E-state index contributed by atoms with van der Waals surface area (Å²) in [5, 5.41) is 0. The molecule has 0 amide bonds. The standard InChI is InChI=1S/C32H42O8/c1-3-29(33)37-19-25-9-13-27(14-10-25)21-39-31(35)17-23-5-7-24(8-6-23)18-32(36)40-22-28-15-11-26(12-16-28)20-38-30(34)4-2/h3-8,25-28H,1-2,9-22H2. The number of ether oxygens (including phenoxy) is 4. The summed E-state index contributed by atoms with van der Waals surface area (Å²) in [6.07, 6.45) is 10.3. The molecule has 0 N–H and O–H groups in total. The van der Waals surface area contributed by atoms with Gasteiger partial charge in [-0.05, 0) is 86.2 Å². The van der Waals surface area contributed by atoms with Crippen molar-refractivity contribution < 1.29 is 38.1 Å². The molecule has 0 spiro atoms. The number of benzene rings is 1. The van der Waals surface area contributed by atoms with Crippen LogP contribution in [-0.4, -0.2) is 50.3 Å². The molecule has 40 heavy (non-hydrogen) atoms. The summed E-state index contributed by atoms with van der Waals surface area (Å²) >= 11 is 0. The lowest BCUT2D eigenvalue weighted by atomic mass is 9.83. The molecule has 0 saturated heterocycles. The van der Waals surface area contributed by atoms with Crippen molar-refractivity contribution in [1.29, 1.82) is 0 Å². The van der Waals surface area contributed by atoms with Crippen LogP contribution in [-0.2, 0) is 51.0 Å². The Kier molecular flexibility index (Phi) is 12.9. The van der Waals surface area contributed by atoms with Gasteiger partial charge < -0.3 is 18.9 Å².